The molecule has 0 unspecified atom stereocenters. The summed E-state index contributed by atoms with van der Waals surface area (Å²) in [4.78, 5) is 0. The first kappa shape index (κ1) is 40.5. The Morgan fingerprint density at radius 3 is 0.766 bits per heavy atom. The fraction of sp³-hybridized carbons (Fsp3) is 0.300. The van der Waals surface area contributed by atoms with Crippen molar-refractivity contribution in [2.75, 3.05) is 0 Å². The van der Waals surface area contributed by atoms with Crippen LogP contribution in [-0.2, 0) is 35.8 Å². The monoisotopic (exact) mass is 838 g/mol. The predicted octanol–water partition coefficient (Wildman–Crippen LogP) is 16.4. The molecule has 0 amide bonds. The maximum Gasteiger partial charge on any atom is 0.0541 e. The second kappa shape index (κ2) is 13.2. The number of fused-ring (bicyclic) bond motifs is 12. The van der Waals surface area contributed by atoms with Crippen molar-refractivity contribution >= 4 is 87.2 Å². The quantitative estimate of drug-likeness (QED) is 0.165. The van der Waals surface area contributed by atoms with Crippen molar-refractivity contribution < 1.29 is 0 Å². The summed E-state index contributed by atoms with van der Waals surface area (Å²) < 4.78 is 9.76. The third-order valence-corrected chi connectivity index (χ3v) is 14.6. The van der Waals surface area contributed by atoms with E-state index in [1.54, 1.807) is 0 Å². The summed E-state index contributed by atoms with van der Waals surface area (Å²) in [6.07, 6.45) is 0. The number of nitrogens with zero attached hydrogens (tertiary/aromatic N) is 4. The largest absolute Gasteiger partial charge is 0.344 e. The lowest BCUT2D eigenvalue weighted by Crippen LogP contribution is -2.10. The summed E-state index contributed by atoms with van der Waals surface area (Å²) in [5, 5.41) is 10.4. The van der Waals surface area contributed by atoms with Crippen LogP contribution in [0, 0.1) is 0 Å². The number of rotatable bonds is 2. The van der Waals surface area contributed by atoms with Crippen molar-refractivity contribution in [2.24, 2.45) is 14.1 Å². The van der Waals surface area contributed by atoms with Gasteiger partial charge in [-0.1, -0.05) is 119 Å². The van der Waals surface area contributed by atoms with Crippen molar-refractivity contribution in [3.05, 3.63) is 144 Å². The van der Waals surface area contributed by atoms with E-state index in [1.807, 2.05) is 0 Å². The molecule has 0 radical (unpaired) electrons. The van der Waals surface area contributed by atoms with Crippen LogP contribution >= 0.6 is 0 Å². The molecular weight excluding hydrogens is 777 g/mol. The maximum absolute atomic E-state index is 2.48. The Balaban J connectivity index is 1.08. The first-order valence-electron chi connectivity index (χ1n) is 23.2. The van der Waals surface area contributed by atoms with E-state index in [4.69, 9.17) is 0 Å². The molecule has 0 atom stereocenters. The highest BCUT2D eigenvalue weighted by Crippen LogP contribution is 2.43. The summed E-state index contributed by atoms with van der Waals surface area (Å²) in [5.41, 5.74) is 18.0. The molecule has 0 aliphatic rings. The van der Waals surface area contributed by atoms with E-state index >= 15 is 0 Å². The molecule has 4 heterocycles. The molecule has 4 nitrogen and oxygen atoms in total. The number of aromatic nitrogens is 4. The van der Waals surface area contributed by atoms with Crippen LogP contribution in [0.15, 0.2) is 121 Å². The molecule has 0 aliphatic heterocycles. The number of hydrogen-bond acceptors (Lipinski definition) is 0. The van der Waals surface area contributed by atoms with Gasteiger partial charge in [0.25, 0.3) is 0 Å². The van der Waals surface area contributed by atoms with Crippen LogP contribution in [0.1, 0.15) is 105 Å². The van der Waals surface area contributed by atoms with Crippen LogP contribution < -0.4 is 0 Å². The third-order valence-electron chi connectivity index (χ3n) is 14.6. The molecule has 0 aliphatic carbocycles. The molecule has 11 rings (SSSR count). The third kappa shape index (κ3) is 5.94. The van der Waals surface area contributed by atoms with E-state index in [0.29, 0.717) is 0 Å². The number of aryl methyl sites for hydroxylation is 2. The van der Waals surface area contributed by atoms with Gasteiger partial charge in [-0.05, 0) is 129 Å². The fourth-order valence-corrected chi connectivity index (χ4v) is 10.6. The van der Waals surface area contributed by atoms with Crippen LogP contribution in [0.4, 0.5) is 0 Å². The van der Waals surface area contributed by atoms with Gasteiger partial charge in [-0.25, -0.2) is 0 Å². The standard InChI is InChI=1S/C60H62N4/c1-57(2,3)35-15-23-49-43(27-35)44-28-36(58(4,5)6)16-24-50(44)63(49)39-19-21-41-47-33-56-48(34-55(47)61(13)53(41)31-39)42-22-20-40(32-54(42)62(56)14)64-51-25-17-37(59(7,8)9)29-45(51)46-30-38(60(10,11)12)18-26-52(46)64/h15-34H,1-14H3. The van der Waals surface area contributed by atoms with Crippen molar-refractivity contribution in [1.29, 1.82) is 0 Å². The average Bonchev–Trinajstić information content (AvgIpc) is 3.92. The minimum atomic E-state index is 0.0589. The Labute approximate surface area is 377 Å². The summed E-state index contributed by atoms with van der Waals surface area (Å²) >= 11 is 0. The van der Waals surface area contributed by atoms with Gasteiger partial charge >= 0.3 is 0 Å². The van der Waals surface area contributed by atoms with Gasteiger partial charge in [0.15, 0.2) is 0 Å². The molecule has 0 saturated heterocycles. The lowest BCUT2D eigenvalue weighted by molar-refractivity contribution is 0.590. The van der Waals surface area contributed by atoms with Gasteiger partial charge in [-0.3, -0.25) is 0 Å². The summed E-state index contributed by atoms with van der Waals surface area (Å²) in [6, 6.07) is 47.4. The van der Waals surface area contributed by atoms with E-state index < -0.39 is 0 Å². The van der Waals surface area contributed by atoms with Gasteiger partial charge in [0.05, 0.1) is 33.1 Å². The van der Waals surface area contributed by atoms with Gasteiger partial charge in [0.2, 0.25) is 0 Å². The Morgan fingerprint density at radius 1 is 0.250 bits per heavy atom. The van der Waals surface area contributed by atoms with E-state index in [-0.39, 0.29) is 21.7 Å². The first-order valence-corrected chi connectivity index (χ1v) is 23.2. The van der Waals surface area contributed by atoms with E-state index in [0.717, 1.165) is 0 Å². The average molecular weight is 839 g/mol. The lowest BCUT2D eigenvalue weighted by Gasteiger charge is -2.19. The molecule has 7 aromatic carbocycles. The van der Waals surface area contributed by atoms with Gasteiger partial charge in [0, 0.05) is 79.6 Å². The summed E-state index contributed by atoms with van der Waals surface area (Å²) in [5.74, 6) is 0. The van der Waals surface area contributed by atoms with Crippen LogP contribution in [0.25, 0.3) is 98.6 Å². The molecule has 11 aromatic rings. The predicted molar refractivity (Wildman–Crippen MR) is 278 cm³/mol. The zero-order valence-corrected chi connectivity index (χ0v) is 40.3. The van der Waals surface area contributed by atoms with Crippen LogP contribution in [-0.4, -0.2) is 18.3 Å². The highest BCUT2D eigenvalue weighted by Gasteiger charge is 2.24. The maximum atomic E-state index is 2.48. The Hall–Kier alpha value is -6.26. The molecule has 64 heavy (non-hydrogen) atoms. The molecule has 0 bridgehead atoms. The van der Waals surface area contributed by atoms with Crippen LogP contribution in [0.3, 0.4) is 0 Å². The van der Waals surface area contributed by atoms with E-state index in [9.17, 15) is 0 Å². The highest BCUT2D eigenvalue weighted by atomic mass is 15.0. The molecule has 0 fully saturated rings. The smallest absolute Gasteiger partial charge is 0.0541 e. The van der Waals surface area contributed by atoms with Crippen molar-refractivity contribution in [1.82, 2.24) is 18.3 Å². The second-order valence-electron chi connectivity index (χ2n) is 23.0. The molecule has 4 heteroatoms. The summed E-state index contributed by atoms with van der Waals surface area (Å²) in [7, 11) is 4.47. The van der Waals surface area contributed by atoms with Crippen LogP contribution in [0.5, 0.6) is 0 Å². The van der Waals surface area contributed by atoms with Crippen LogP contribution in [0.2, 0.25) is 0 Å². The topological polar surface area (TPSA) is 19.7 Å². The summed E-state index contributed by atoms with van der Waals surface area (Å²) in [6.45, 7) is 27.7. The molecule has 4 aromatic heterocycles. The zero-order chi connectivity index (χ0) is 45.2. The van der Waals surface area contributed by atoms with Crippen molar-refractivity contribution in [3.63, 3.8) is 0 Å². The van der Waals surface area contributed by atoms with Crippen molar-refractivity contribution in [3.8, 4) is 11.4 Å². The second-order valence-corrected chi connectivity index (χ2v) is 23.0. The minimum absolute atomic E-state index is 0.0589. The lowest BCUT2D eigenvalue weighted by atomic mass is 9.85. The molecule has 322 valence electrons. The van der Waals surface area contributed by atoms with Gasteiger partial charge in [-0.2, -0.15) is 0 Å². The Morgan fingerprint density at radius 2 is 0.500 bits per heavy atom. The minimum Gasteiger partial charge on any atom is -0.344 e. The van der Waals surface area contributed by atoms with Gasteiger partial charge < -0.3 is 18.3 Å². The molecule has 0 N–H and O–H groups in total. The Bertz CT molecular complexity index is 3380. The van der Waals surface area contributed by atoms with E-state index in [2.05, 4.69) is 237 Å². The van der Waals surface area contributed by atoms with Gasteiger partial charge in [-0.15, -0.1) is 0 Å². The normalized spacial score (nSPS) is 13.5. The number of benzene rings is 7. The molecular formula is C60H62N4. The highest BCUT2D eigenvalue weighted by molar-refractivity contribution is 6.19. The van der Waals surface area contributed by atoms with Gasteiger partial charge in [0.1, 0.15) is 0 Å². The fourth-order valence-electron chi connectivity index (χ4n) is 10.6. The van der Waals surface area contributed by atoms with Crippen molar-refractivity contribution in [2.45, 2.75) is 105 Å². The molecule has 0 spiro atoms. The Kier molecular flexibility index (Phi) is 8.33. The molecule has 0 saturated carbocycles. The SMILES string of the molecule is Cn1c2cc(-n3c4ccc(C(C)(C)C)cc4c4cc(C(C)(C)C)ccc43)ccc2c2cc3c(cc21)c1ccc(-n2c4ccc(C(C)(C)C)cc4c4cc(C(C)(C)C)ccc42)cc1n3C. The first-order chi connectivity index (χ1) is 30.1. The number of hydrogen-bond donors (Lipinski definition) is 0. The van der Waals surface area contributed by atoms with E-state index in [1.165, 1.54) is 121 Å². The zero-order valence-electron chi connectivity index (χ0n) is 40.3.